The quantitative estimate of drug-likeness (QED) is 0.799. The molecule has 1 amide bonds. The average Bonchev–Trinajstić information content (AvgIpc) is 2.42. The Labute approximate surface area is 127 Å². The first-order valence-electron chi connectivity index (χ1n) is 6.43. The van der Waals surface area contributed by atoms with E-state index in [0.717, 1.165) is 14.8 Å². The summed E-state index contributed by atoms with van der Waals surface area (Å²) in [6.45, 7) is 3.58. The number of carbonyl (C=O) groups excluding carboxylic acids is 1. The van der Waals surface area contributed by atoms with Gasteiger partial charge < -0.3 is 15.8 Å². The van der Waals surface area contributed by atoms with E-state index in [1.165, 1.54) is 0 Å². The number of aryl methyl sites for hydroxylation is 1. The van der Waals surface area contributed by atoms with Crippen LogP contribution in [0.2, 0.25) is 0 Å². The van der Waals surface area contributed by atoms with E-state index in [2.05, 4.69) is 34.0 Å². The zero-order chi connectivity index (χ0) is 13.9. The number of rotatable bonds is 3. The minimum Gasteiger partial charge on any atom is -0.381 e. The zero-order valence-electron chi connectivity index (χ0n) is 11.0. The van der Waals surface area contributed by atoms with Gasteiger partial charge >= 0.3 is 0 Å². The number of hydrogen-bond donors (Lipinski definition) is 2. The SMILES string of the molecule is Cc1cc(I)ccc1NC(=O)C1(CN)CCOCC1. The first kappa shape index (κ1) is 14.7. The molecule has 1 aromatic carbocycles. The molecular formula is C14H19IN2O2. The molecule has 1 saturated heterocycles. The minimum atomic E-state index is -0.478. The second-order valence-electron chi connectivity index (χ2n) is 5.01. The highest BCUT2D eigenvalue weighted by Crippen LogP contribution is 2.31. The van der Waals surface area contributed by atoms with Gasteiger partial charge in [-0.3, -0.25) is 4.79 Å². The third-order valence-corrected chi connectivity index (χ3v) is 4.43. The lowest BCUT2D eigenvalue weighted by Crippen LogP contribution is -2.46. The van der Waals surface area contributed by atoms with E-state index in [0.29, 0.717) is 32.6 Å². The number of benzene rings is 1. The Morgan fingerprint density at radius 1 is 1.47 bits per heavy atom. The fourth-order valence-electron chi connectivity index (χ4n) is 2.31. The maximum Gasteiger partial charge on any atom is 0.232 e. The summed E-state index contributed by atoms with van der Waals surface area (Å²) in [4.78, 5) is 12.5. The van der Waals surface area contributed by atoms with E-state index in [4.69, 9.17) is 10.5 Å². The Balaban J connectivity index is 2.15. The summed E-state index contributed by atoms with van der Waals surface area (Å²) in [6.07, 6.45) is 1.39. The van der Waals surface area contributed by atoms with Gasteiger partial charge in [-0.1, -0.05) is 0 Å². The van der Waals surface area contributed by atoms with E-state index >= 15 is 0 Å². The van der Waals surface area contributed by atoms with Crippen LogP contribution in [-0.2, 0) is 9.53 Å². The van der Waals surface area contributed by atoms with Gasteiger partial charge in [0, 0.05) is 29.0 Å². The third-order valence-electron chi connectivity index (χ3n) is 3.76. The number of nitrogens with two attached hydrogens (primary N) is 1. The summed E-state index contributed by atoms with van der Waals surface area (Å²) in [7, 11) is 0. The van der Waals surface area contributed by atoms with Crippen LogP contribution in [0.5, 0.6) is 0 Å². The van der Waals surface area contributed by atoms with Gasteiger partial charge in [0.1, 0.15) is 0 Å². The summed E-state index contributed by atoms with van der Waals surface area (Å²) in [5.74, 6) is 0.0163. The number of carbonyl (C=O) groups is 1. The van der Waals surface area contributed by atoms with Crippen molar-refractivity contribution in [3.8, 4) is 0 Å². The van der Waals surface area contributed by atoms with Crippen LogP contribution in [0.3, 0.4) is 0 Å². The lowest BCUT2D eigenvalue weighted by Gasteiger charge is -2.34. The number of amides is 1. The van der Waals surface area contributed by atoms with Gasteiger partial charge in [-0.2, -0.15) is 0 Å². The normalized spacial score (nSPS) is 18.1. The van der Waals surface area contributed by atoms with Crippen molar-refractivity contribution in [3.05, 3.63) is 27.3 Å². The predicted octanol–water partition coefficient (Wildman–Crippen LogP) is 2.29. The number of hydrogen-bond acceptors (Lipinski definition) is 3. The molecule has 0 bridgehead atoms. The maximum absolute atomic E-state index is 12.5. The molecule has 2 rings (SSSR count). The Morgan fingerprint density at radius 3 is 2.74 bits per heavy atom. The first-order valence-corrected chi connectivity index (χ1v) is 7.51. The van der Waals surface area contributed by atoms with Crippen LogP contribution in [0.4, 0.5) is 5.69 Å². The number of ether oxygens (including phenoxy) is 1. The molecule has 5 heteroatoms. The zero-order valence-corrected chi connectivity index (χ0v) is 13.2. The molecule has 1 aliphatic rings. The minimum absolute atomic E-state index is 0.0163. The Bertz CT molecular complexity index is 471. The lowest BCUT2D eigenvalue weighted by molar-refractivity contribution is -0.130. The van der Waals surface area contributed by atoms with E-state index in [9.17, 15) is 4.79 Å². The van der Waals surface area contributed by atoms with Crippen LogP contribution in [0.1, 0.15) is 18.4 Å². The first-order chi connectivity index (χ1) is 9.07. The molecule has 0 aromatic heterocycles. The van der Waals surface area contributed by atoms with Gasteiger partial charge in [0.2, 0.25) is 5.91 Å². The molecule has 0 spiro atoms. The molecule has 1 fully saturated rings. The Morgan fingerprint density at radius 2 is 2.16 bits per heavy atom. The van der Waals surface area contributed by atoms with Crippen LogP contribution < -0.4 is 11.1 Å². The van der Waals surface area contributed by atoms with Crippen molar-refractivity contribution in [3.63, 3.8) is 0 Å². The molecule has 1 aliphatic heterocycles. The second-order valence-corrected chi connectivity index (χ2v) is 6.26. The number of nitrogens with one attached hydrogen (secondary N) is 1. The molecule has 0 atom stereocenters. The fourth-order valence-corrected chi connectivity index (χ4v) is 2.96. The van der Waals surface area contributed by atoms with E-state index in [1.807, 2.05) is 19.1 Å². The maximum atomic E-state index is 12.5. The highest BCUT2D eigenvalue weighted by molar-refractivity contribution is 14.1. The molecule has 104 valence electrons. The van der Waals surface area contributed by atoms with E-state index in [1.54, 1.807) is 0 Å². The summed E-state index contributed by atoms with van der Waals surface area (Å²) < 4.78 is 6.49. The lowest BCUT2D eigenvalue weighted by atomic mass is 9.79. The highest BCUT2D eigenvalue weighted by atomic mass is 127. The average molecular weight is 374 g/mol. The number of halogens is 1. The van der Waals surface area contributed by atoms with Crippen molar-refractivity contribution in [2.24, 2.45) is 11.1 Å². The Hall–Kier alpha value is -0.660. The van der Waals surface area contributed by atoms with Crippen molar-refractivity contribution < 1.29 is 9.53 Å². The summed E-state index contributed by atoms with van der Waals surface area (Å²) in [5.41, 5.74) is 7.29. The van der Waals surface area contributed by atoms with Gasteiger partial charge in [0.15, 0.2) is 0 Å². The summed E-state index contributed by atoms with van der Waals surface area (Å²) in [5, 5.41) is 3.02. The smallest absolute Gasteiger partial charge is 0.232 e. The van der Waals surface area contributed by atoms with Crippen LogP contribution in [-0.4, -0.2) is 25.7 Å². The van der Waals surface area contributed by atoms with Gasteiger partial charge in [-0.25, -0.2) is 0 Å². The van der Waals surface area contributed by atoms with Gasteiger partial charge in [-0.15, -0.1) is 0 Å². The van der Waals surface area contributed by atoms with Crippen LogP contribution in [0.15, 0.2) is 18.2 Å². The summed E-state index contributed by atoms with van der Waals surface area (Å²) >= 11 is 2.26. The van der Waals surface area contributed by atoms with Crippen molar-refractivity contribution >= 4 is 34.2 Å². The molecule has 1 aromatic rings. The van der Waals surface area contributed by atoms with E-state index < -0.39 is 5.41 Å². The van der Waals surface area contributed by atoms with Gasteiger partial charge in [0.25, 0.3) is 0 Å². The van der Waals surface area contributed by atoms with Gasteiger partial charge in [-0.05, 0) is 66.1 Å². The highest BCUT2D eigenvalue weighted by Gasteiger charge is 2.38. The van der Waals surface area contributed by atoms with Crippen LogP contribution in [0, 0.1) is 15.9 Å². The van der Waals surface area contributed by atoms with Crippen molar-refractivity contribution in [1.82, 2.24) is 0 Å². The molecular weight excluding hydrogens is 355 g/mol. The largest absolute Gasteiger partial charge is 0.381 e. The molecule has 0 aliphatic carbocycles. The second kappa shape index (κ2) is 6.19. The molecule has 3 N–H and O–H groups in total. The molecule has 0 radical (unpaired) electrons. The van der Waals surface area contributed by atoms with Crippen LogP contribution >= 0.6 is 22.6 Å². The van der Waals surface area contributed by atoms with Gasteiger partial charge in [0.05, 0.1) is 5.41 Å². The monoisotopic (exact) mass is 374 g/mol. The molecule has 19 heavy (non-hydrogen) atoms. The fraction of sp³-hybridized carbons (Fsp3) is 0.500. The number of anilines is 1. The topological polar surface area (TPSA) is 64.4 Å². The summed E-state index contributed by atoms with van der Waals surface area (Å²) in [6, 6.07) is 5.98. The molecule has 0 unspecified atom stereocenters. The van der Waals surface area contributed by atoms with Crippen molar-refractivity contribution in [1.29, 1.82) is 0 Å². The van der Waals surface area contributed by atoms with Crippen LogP contribution in [0.25, 0.3) is 0 Å². The molecule has 1 heterocycles. The molecule has 0 saturated carbocycles. The molecule has 4 nitrogen and oxygen atoms in total. The standard InChI is InChI=1S/C14H19IN2O2/c1-10-8-11(15)2-3-12(10)17-13(18)14(9-16)4-6-19-7-5-14/h2-3,8H,4-7,9,16H2,1H3,(H,17,18). The van der Waals surface area contributed by atoms with Crippen molar-refractivity contribution in [2.75, 3.05) is 25.1 Å². The van der Waals surface area contributed by atoms with Crippen molar-refractivity contribution in [2.45, 2.75) is 19.8 Å². The Kier molecular flexibility index (Phi) is 4.81. The van der Waals surface area contributed by atoms with E-state index in [-0.39, 0.29) is 5.91 Å². The predicted molar refractivity (Wildman–Crippen MR) is 84.1 cm³/mol. The third kappa shape index (κ3) is 3.27.